The third-order valence-corrected chi connectivity index (χ3v) is 3.36. The summed E-state index contributed by atoms with van der Waals surface area (Å²) >= 11 is 0. The van der Waals surface area contributed by atoms with Crippen molar-refractivity contribution in [3.05, 3.63) is 24.0 Å². The fraction of sp³-hybridized carbons (Fsp3) is 0.417. The predicted octanol–water partition coefficient (Wildman–Crippen LogP) is 1.37. The number of hydrogen-bond acceptors (Lipinski definition) is 3. The molecule has 1 aromatic carbocycles. The first kappa shape index (κ1) is 10.5. The van der Waals surface area contributed by atoms with Gasteiger partial charge >= 0.3 is 0 Å². The summed E-state index contributed by atoms with van der Waals surface area (Å²) < 4.78 is 15.5. The van der Waals surface area contributed by atoms with Gasteiger partial charge in [0.05, 0.1) is 5.52 Å². The Morgan fingerprint density at radius 3 is 3.18 bits per heavy atom. The minimum atomic E-state index is -0.308. The van der Waals surface area contributed by atoms with E-state index < -0.39 is 0 Å². The van der Waals surface area contributed by atoms with Crippen molar-refractivity contribution in [1.82, 2.24) is 14.9 Å². The highest BCUT2D eigenvalue weighted by Crippen LogP contribution is 2.23. The number of halogens is 1. The maximum atomic E-state index is 13.5. The number of imidazole rings is 1. The molecule has 3 rings (SSSR count). The maximum absolute atomic E-state index is 13.5. The molecule has 2 aromatic rings. The summed E-state index contributed by atoms with van der Waals surface area (Å²) in [6, 6.07) is 4.97. The highest BCUT2D eigenvalue weighted by molar-refractivity contribution is 5.78. The number of aromatic nitrogens is 2. The molecule has 1 fully saturated rings. The van der Waals surface area contributed by atoms with Gasteiger partial charge in [0.25, 0.3) is 0 Å². The maximum Gasteiger partial charge on any atom is 0.201 e. The molecular weight excluding hydrogens is 219 g/mol. The molecule has 1 aromatic heterocycles. The number of nitrogens with two attached hydrogens (primary N) is 1. The Morgan fingerprint density at radius 1 is 1.53 bits per heavy atom. The van der Waals surface area contributed by atoms with Gasteiger partial charge < -0.3 is 15.6 Å². The Bertz CT molecular complexity index is 543. The van der Waals surface area contributed by atoms with Crippen LogP contribution in [0.2, 0.25) is 0 Å². The molecule has 0 bridgehead atoms. The Morgan fingerprint density at radius 2 is 2.41 bits per heavy atom. The average molecular weight is 234 g/mol. The number of nitrogens with zero attached hydrogens (tertiary/aromatic N) is 2. The molecule has 1 atom stereocenters. The second kappa shape index (κ2) is 4.00. The third-order valence-electron chi connectivity index (χ3n) is 3.36. The van der Waals surface area contributed by atoms with Crippen LogP contribution >= 0.6 is 0 Å². The zero-order valence-corrected chi connectivity index (χ0v) is 9.49. The molecule has 1 saturated heterocycles. The zero-order chi connectivity index (χ0) is 11.8. The fourth-order valence-corrected chi connectivity index (χ4v) is 2.45. The van der Waals surface area contributed by atoms with Crippen LogP contribution in [0.15, 0.2) is 18.2 Å². The molecule has 2 heterocycles. The van der Waals surface area contributed by atoms with E-state index in [0.717, 1.165) is 31.6 Å². The second-order valence-corrected chi connectivity index (χ2v) is 4.55. The Kier molecular flexibility index (Phi) is 2.48. The van der Waals surface area contributed by atoms with Gasteiger partial charge in [-0.2, -0.15) is 0 Å². The van der Waals surface area contributed by atoms with Crippen molar-refractivity contribution < 1.29 is 4.39 Å². The van der Waals surface area contributed by atoms with Crippen molar-refractivity contribution in [3.8, 4) is 0 Å². The first-order chi connectivity index (χ1) is 8.25. The molecule has 1 unspecified atom stereocenters. The molecule has 17 heavy (non-hydrogen) atoms. The summed E-state index contributed by atoms with van der Waals surface area (Å²) in [7, 11) is 0. The number of anilines is 1. The smallest absolute Gasteiger partial charge is 0.201 e. The van der Waals surface area contributed by atoms with E-state index in [4.69, 9.17) is 5.73 Å². The number of para-hydroxylation sites is 1. The number of nitrogens with one attached hydrogen (secondary N) is 1. The predicted molar refractivity (Wildman–Crippen MR) is 65.1 cm³/mol. The number of nitrogen functional groups attached to an aromatic ring is 1. The molecule has 90 valence electrons. The Hall–Kier alpha value is -1.62. The van der Waals surface area contributed by atoms with Gasteiger partial charge in [0.2, 0.25) is 5.95 Å². The standard InChI is InChI=1S/C12H15FN4/c13-9-2-1-3-10-11(9)16-12(14)17(10)7-8-4-5-15-6-8/h1-3,8,15H,4-7H2,(H2,14,16). The molecule has 0 radical (unpaired) electrons. The van der Waals surface area contributed by atoms with Gasteiger partial charge in [-0.25, -0.2) is 9.37 Å². The molecule has 0 amide bonds. The number of fused-ring (bicyclic) bond motifs is 1. The van der Waals surface area contributed by atoms with Crippen LogP contribution in [0.5, 0.6) is 0 Å². The van der Waals surface area contributed by atoms with Crippen molar-refractivity contribution in [1.29, 1.82) is 0 Å². The van der Waals surface area contributed by atoms with Crippen LogP contribution in [-0.2, 0) is 6.54 Å². The van der Waals surface area contributed by atoms with E-state index in [1.165, 1.54) is 6.07 Å². The van der Waals surface area contributed by atoms with Crippen LogP contribution in [0.1, 0.15) is 6.42 Å². The van der Waals surface area contributed by atoms with Crippen LogP contribution in [0.4, 0.5) is 10.3 Å². The van der Waals surface area contributed by atoms with E-state index in [9.17, 15) is 4.39 Å². The first-order valence-electron chi connectivity index (χ1n) is 5.86. The van der Waals surface area contributed by atoms with Crippen molar-refractivity contribution in [2.24, 2.45) is 5.92 Å². The second-order valence-electron chi connectivity index (χ2n) is 4.55. The SMILES string of the molecule is Nc1nc2c(F)cccc2n1CC1CCNC1. The quantitative estimate of drug-likeness (QED) is 0.825. The van der Waals surface area contributed by atoms with Gasteiger partial charge in [0.1, 0.15) is 5.52 Å². The monoisotopic (exact) mass is 234 g/mol. The average Bonchev–Trinajstić information content (AvgIpc) is 2.91. The topological polar surface area (TPSA) is 55.9 Å². The lowest BCUT2D eigenvalue weighted by atomic mass is 10.1. The summed E-state index contributed by atoms with van der Waals surface area (Å²) in [5.41, 5.74) is 7.02. The number of rotatable bonds is 2. The zero-order valence-electron chi connectivity index (χ0n) is 9.49. The molecule has 3 N–H and O–H groups in total. The van der Waals surface area contributed by atoms with Crippen LogP contribution in [0, 0.1) is 11.7 Å². The van der Waals surface area contributed by atoms with E-state index in [-0.39, 0.29) is 5.82 Å². The summed E-state index contributed by atoms with van der Waals surface area (Å²) in [6.07, 6.45) is 1.13. The lowest BCUT2D eigenvalue weighted by Gasteiger charge is -2.11. The largest absolute Gasteiger partial charge is 0.369 e. The van der Waals surface area contributed by atoms with E-state index in [1.807, 2.05) is 10.6 Å². The van der Waals surface area contributed by atoms with Crippen LogP contribution in [0.25, 0.3) is 11.0 Å². The highest BCUT2D eigenvalue weighted by atomic mass is 19.1. The van der Waals surface area contributed by atoms with Crippen LogP contribution in [-0.4, -0.2) is 22.6 Å². The molecule has 5 heteroatoms. The molecular formula is C12H15FN4. The van der Waals surface area contributed by atoms with Gasteiger partial charge in [0, 0.05) is 6.54 Å². The van der Waals surface area contributed by atoms with Crippen molar-refractivity contribution in [3.63, 3.8) is 0 Å². The van der Waals surface area contributed by atoms with E-state index >= 15 is 0 Å². The minimum Gasteiger partial charge on any atom is -0.369 e. The Labute approximate surface area is 98.6 Å². The highest BCUT2D eigenvalue weighted by Gasteiger charge is 2.18. The van der Waals surface area contributed by atoms with Crippen molar-refractivity contribution in [2.45, 2.75) is 13.0 Å². The van der Waals surface area contributed by atoms with Crippen molar-refractivity contribution in [2.75, 3.05) is 18.8 Å². The third kappa shape index (κ3) is 1.76. The number of hydrogen-bond donors (Lipinski definition) is 2. The minimum absolute atomic E-state index is 0.308. The summed E-state index contributed by atoms with van der Waals surface area (Å²) in [4.78, 5) is 4.10. The van der Waals surface area contributed by atoms with Gasteiger partial charge in [-0.3, -0.25) is 0 Å². The number of benzene rings is 1. The Balaban J connectivity index is 2.02. The lowest BCUT2D eigenvalue weighted by Crippen LogP contribution is -2.15. The first-order valence-corrected chi connectivity index (χ1v) is 5.86. The van der Waals surface area contributed by atoms with Crippen LogP contribution in [0.3, 0.4) is 0 Å². The summed E-state index contributed by atoms with van der Waals surface area (Å²) in [6.45, 7) is 2.85. The molecule has 1 aliphatic heterocycles. The summed E-state index contributed by atoms with van der Waals surface area (Å²) in [5.74, 6) is 0.646. The van der Waals surface area contributed by atoms with Gasteiger partial charge in [-0.15, -0.1) is 0 Å². The fourth-order valence-electron chi connectivity index (χ4n) is 2.45. The van der Waals surface area contributed by atoms with Crippen molar-refractivity contribution >= 4 is 17.0 Å². The van der Waals surface area contributed by atoms with E-state index in [2.05, 4.69) is 10.3 Å². The summed E-state index contributed by atoms with van der Waals surface area (Å²) in [5, 5.41) is 3.32. The van der Waals surface area contributed by atoms with Gasteiger partial charge in [-0.1, -0.05) is 6.07 Å². The molecule has 4 nitrogen and oxygen atoms in total. The van der Waals surface area contributed by atoms with E-state index in [1.54, 1.807) is 6.07 Å². The van der Waals surface area contributed by atoms with Crippen LogP contribution < -0.4 is 11.1 Å². The van der Waals surface area contributed by atoms with Gasteiger partial charge in [-0.05, 0) is 37.6 Å². The van der Waals surface area contributed by atoms with E-state index in [0.29, 0.717) is 17.4 Å². The molecule has 0 spiro atoms. The molecule has 1 aliphatic rings. The lowest BCUT2D eigenvalue weighted by molar-refractivity contribution is 0.493. The normalized spacial score (nSPS) is 20.2. The molecule has 0 saturated carbocycles. The molecule has 0 aliphatic carbocycles. The van der Waals surface area contributed by atoms with Gasteiger partial charge in [0.15, 0.2) is 5.82 Å².